The summed E-state index contributed by atoms with van der Waals surface area (Å²) in [6, 6.07) is 3.42. The zero-order valence-electron chi connectivity index (χ0n) is 10.0. The van der Waals surface area contributed by atoms with Crippen LogP contribution in [0.25, 0.3) is 0 Å². The Morgan fingerprint density at radius 3 is 2.35 bits per heavy atom. The predicted octanol–water partition coefficient (Wildman–Crippen LogP) is 2.77. The van der Waals surface area contributed by atoms with Crippen LogP contribution in [0.5, 0.6) is 5.75 Å². The van der Waals surface area contributed by atoms with Crippen LogP contribution in [0, 0.1) is 15.5 Å². The number of rotatable bonds is 2. The highest BCUT2D eigenvalue weighted by molar-refractivity contribution is 5.85. The number of nitrogens with two attached hydrogens (primary N) is 1. The summed E-state index contributed by atoms with van der Waals surface area (Å²) in [4.78, 5) is 10.3. The van der Waals surface area contributed by atoms with Gasteiger partial charge in [0.25, 0.3) is 5.69 Å². The first-order valence-electron chi connectivity index (χ1n) is 4.96. The Morgan fingerprint density at radius 2 is 1.94 bits per heavy atom. The molecule has 0 saturated carbocycles. The van der Waals surface area contributed by atoms with Crippen LogP contribution >= 0.6 is 12.4 Å². The number of nitrogens with zero attached hydrogens (tertiary/aromatic N) is 1. The summed E-state index contributed by atoms with van der Waals surface area (Å²) >= 11 is 0. The van der Waals surface area contributed by atoms with Crippen LogP contribution in [-0.2, 0) is 0 Å². The molecule has 1 aromatic rings. The van der Waals surface area contributed by atoms with E-state index in [4.69, 9.17) is 5.73 Å². The molecule has 0 radical (unpaired) electrons. The lowest BCUT2D eigenvalue weighted by Gasteiger charge is -2.27. The van der Waals surface area contributed by atoms with Gasteiger partial charge >= 0.3 is 0 Å². The Morgan fingerprint density at radius 1 is 1.41 bits per heavy atom. The first-order chi connectivity index (χ1) is 7.23. The molecule has 0 heterocycles. The highest BCUT2D eigenvalue weighted by atomic mass is 35.5. The van der Waals surface area contributed by atoms with Gasteiger partial charge in [-0.3, -0.25) is 10.1 Å². The molecule has 1 atom stereocenters. The largest absolute Gasteiger partial charge is 0.508 e. The Bertz CT molecular complexity index is 416. The fourth-order valence-corrected chi connectivity index (χ4v) is 1.42. The maximum absolute atomic E-state index is 10.8. The number of nitro groups is 1. The number of benzene rings is 1. The van der Waals surface area contributed by atoms with E-state index in [1.807, 2.05) is 20.8 Å². The molecule has 17 heavy (non-hydrogen) atoms. The van der Waals surface area contributed by atoms with Crippen molar-refractivity contribution in [3.8, 4) is 5.75 Å². The third-order valence-corrected chi connectivity index (χ3v) is 2.48. The summed E-state index contributed by atoms with van der Waals surface area (Å²) in [5, 5.41) is 20.2. The molecule has 0 unspecified atom stereocenters. The smallest absolute Gasteiger partial charge is 0.274 e. The topological polar surface area (TPSA) is 89.4 Å². The van der Waals surface area contributed by atoms with Crippen molar-refractivity contribution in [3.05, 3.63) is 33.9 Å². The average Bonchev–Trinajstić information content (AvgIpc) is 2.14. The Kier molecular flexibility index (Phi) is 4.92. The first kappa shape index (κ1) is 15.7. The lowest BCUT2D eigenvalue weighted by Crippen LogP contribution is -2.26. The van der Waals surface area contributed by atoms with Crippen molar-refractivity contribution in [2.75, 3.05) is 0 Å². The van der Waals surface area contributed by atoms with E-state index in [1.54, 1.807) is 0 Å². The molecule has 0 aliphatic rings. The summed E-state index contributed by atoms with van der Waals surface area (Å²) in [6.07, 6.45) is 0. The van der Waals surface area contributed by atoms with Crippen molar-refractivity contribution in [2.45, 2.75) is 26.8 Å². The summed E-state index contributed by atoms with van der Waals surface area (Å²) < 4.78 is 0. The molecule has 1 rings (SSSR count). The quantitative estimate of drug-likeness (QED) is 0.632. The second-order valence-corrected chi connectivity index (χ2v) is 4.84. The molecule has 0 aliphatic carbocycles. The fraction of sp³-hybridized carbons (Fsp3) is 0.455. The summed E-state index contributed by atoms with van der Waals surface area (Å²) in [6.45, 7) is 5.68. The predicted molar refractivity (Wildman–Crippen MR) is 68.4 cm³/mol. The van der Waals surface area contributed by atoms with Crippen LogP contribution in [0.15, 0.2) is 18.2 Å². The SMILES string of the molecule is CC(C)(C)[C@H](N)c1cc(O)ccc1[N+](=O)[O-].Cl. The molecule has 96 valence electrons. The second-order valence-electron chi connectivity index (χ2n) is 4.84. The number of hydrogen-bond acceptors (Lipinski definition) is 4. The Labute approximate surface area is 106 Å². The molecule has 3 N–H and O–H groups in total. The fourth-order valence-electron chi connectivity index (χ4n) is 1.42. The number of aromatic hydroxyl groups is 1. The Balaban J connectivity index is 0.00000256. The third kappa shape index (κ3) is 3.57. The molecular weight excluding hydrogens is 244 g/mol. The van der Waals surface area contributed by atoms with Crippen LogP contribution in [0.3, 0.4) is 0 Å². The normalized spacial score (nSPS) is 12.7. The van der Waals surface area contributed by atoms with Gasteiger partial charge in [-0.2, -0.15) is 0 Å². The minimum absolute atomic E-state index is 0. The maximum Gasteiger partial charge on any atom is 0.274 e. The molecular formula is C11H17ClN2O3. The zero-order valence-corrected chi connectivity index (χ0v) is 10.8. The highest BCUT2D eigenvalue weighted by Gasteiger charge is 2.28. The monoisotopic (exact) mass is 260 g/mol. The molecule has 0 bridgehead atoms. The maximum atomic E-state index is 10.8. The van der Waals surface area contributed by atoms with Gasteiger partial charge in [0, 0.05) is 12.1 Å². The van der Waals surface area contributed by atoms with Gasteiger partial charge in [0.05, 0.1) is 10.5 Å². The number of hydrogen-bond donors (Lipinski definition) is 2. The van der Waals surface area contributed by atoms with Crippen molar-refractivity contribution >= 4 is 18.1 Å². The summed E-state index contributed by atoms with van der Waals surface area (Å²) in [7, 11) is 0. The van der Waals surface area contributed by atoms with E-state index in [9.17, 15) is 15.2 Å². The van der Waals surface area contributed by atoms with Crippen LogP contribution < -0.4 is 5.73 Å². The molecule has 0 fully saturated rings. The standard InChI is InChI=1S/C11H16N2O3.ClH/c1-11(2,3)10(12)8-6-7(14)4-5-9(8)13(15)16;/h4-6,10,14H,12H2,1-3H3;1H/t10-;/m1./s1. The summed E-state index contributed by atoms with van der Waals surface area (Å²) in [5.41, 5.74) is 5.96. The van der Waals surface area contributed by atoms with E-state index in [0.717, 1.165) is 0 Å². The average molecular weight is 261 g/mol. The molecule has 0 saturated heterocycles. The van der Waals surface area contributed by atoms with Crippen molar-refractivity contribution in [1.82, 2.24) is 0 Å². The molecule has 0 aliphatic heterocycles. The first-order valence-corrected chi connectivity index (χ1v) is 4.96. The molecule has 0 amide bonds. The van der Waals surface area contributed by atoms with Gasteiger partial charge < -0.3 is 10.8 Å². The van der Waals surface area contributed by atoms with Crippen LogP contribution in [0.2, 0.25) is 0 Å². The molecule has 0 aromatic heterocycles. The van der Waals surface area contributed by atoms with Crippen molar-refractivity contribution in [1.29, 1.82) is 0 Å². The van der Waals surface area contributed by atoms with Crippen molar-refractivity contribution < 1.29 is 10.0 Å². The van der Waals surface area contributed by atoms with E-state index in [2.05, 4.69) is 0 Å². The van der Waals surface area contributed by atoms with E-state index in [0.29, 0.717) is 5.56 Å². The molecule has 1 aromatic carbocycles. The van der Waals surface area contributed by atoms with Crippen LogP contribution in [-0.4, -0.2) is 10.0 Å². The van der Waals surface area contributed by atoms with Gasteiger partial charge in [-0.1, -0.05) is 20.8 Å². The van der Waals surface area contributed by atoms with Crippen LogP contribution in [0.4, 0.5) is 5.69 Å². The third-order valence-electron chi connectivity index (χ3n) is 2.48. The molecule has 5 nitrogen and oxygen atoms in total. The van der Waals surface area contributed by atoms with Crippen molar-refractivity contribution in [3.63, 3.8) is 0 Å². The number of phenolic OH excluding ortho intramolecular Hbond substituents is 1. The Hall–Kier alpha value is -1.33. The van der Waals surface area contributed by atoms with E-state index in [1.165, 1.54) is 18.2 Å². The van der Waals surface area contributed by atoms with E-state index >= 15 is 0 Å². The van der Waals surface area contributed by atoms with Gasteiger partial charge in [-0.15, -0.1) is 12.4 Å². The van der Waals surface area contributed by atoms with Crippen LogP contribution in [0.1, 0.15) is 32.4 Å². The van der Waals surface area contributed by atoms with Gasteiger partial charge in [-0.25, -0.2) is 0 Å². The van der Waals surface area contributed by atoms with E-state index in [-0.39, 0.29) is 29.3 Å². The minimum atomic E-state index is -0.500. The van der Waals surface area contributed by atoms with Gasteiger partial charge in [0.2, 0.25) is 0 Å². The lowest BCUT2D eigenvalue weighted by molar-refractivity contribution is -0.385. The lowest BCUT2D eigenvalue weighted by atomic mass is 9.82. The number of nitro benzene ring substituents is 1. The number of halogens is 1. The zero-order chi connectivity index (χ0) is 12.5. The van der Waals surface area contributed by atoms with Gasteiger partial charge in [-0.05, 0) is 17.5 Å². The van der Waals surface area contributed by atoms with Crippen molar-refractivity contribution in [2.24, 2.45) is 11.1 Å². The highest BCUT2D eigenvalue weighted by Crippen LogP contribution is 2.36. The van der Waals surface area contributed by atoms with Gasteiger partial charge in [0.15, 0.2) is 0 Å². The minimum Gasteiger partial charge on any atom is -0.508 e. The number of phenols is 1. The molecule has 0 spiro atoms. The second kappa shape index (κ2) is 5.33. The summed E-state index contributed by atoms with van der Waals surface area (Å²) in [5.74, 6) is -0.0136. The van der Waals surface area contributed by atoms with E-state index < -0.39 is 11.0 Å². The molecule has 6 heteroatoms. The van der Waals surface area contributed by atoms with Gasteiger partial charge in [0.1, 0.15) is 5.75 Å².